The normalized spacial score (nSPS) is 12.2. The van der Waals surface area contributed by atoms with E-state index in [1.165, 1.54) is 25.1 Å². The predicted octanol–water partition coefficient (Wildman–Crippen LogP) is -0.566. The van der Waals surface area contributed by atoms with Gasteiger partial charge in [0.05, 0.1) is 16.6 Å². The first kappa shape index (κ1) is 13.5. The molecule has 0 saturated heterocycles. The molecule has 2 rings (SSSR count). The van der Waals surface area contributed by atoms with E-state index >= 15 is 0 Å². The van der Waals surface area contributed by atoms with Crippen molar-refractivity contribution in [1.82, 2.24) is 9.55 Å². The van der Waals surface area contributed by atoms with Gasteiger partial charge in [-0.1, -0.05) is 0 Å². The summed E-state index contributed by atoms with van der Waals surface area (Å²) in [6.07, 6.45) is 0. The highest BCUT2D eigenvalue weighted by atomic mass is 16.4. The molecule has 4 N–H and O–H groups in total. The van der Waals surface area contributed by atoms with Gasteiger partial charge in [-0.2, -0.15) is 0 Å². The van der Waals surface area contributed by atoms with Gasteiger partial charge in [-0.3, -0.25) is 19.0 Å². The molecule has 0 aliphatic carbocycles. The van der Waals surface area contributed by atoms with Crippen LogP contribution in [0.5, 0.6) is 0 Å². The van der Waals surface area contributed by atoms with E-state index in [1.54, 1.807) is 0 Å². The van der Waals surface area contributed by atoms with Gasteiger partial charge in [0.2, 0.25) is 5.91 Å². The number of rotatable bonds is 3. The van der Waals surface area contributed by atoms with E-state index in [9.17, 15) is 19.2 Å². The second-order valence-electron chi connectivity index (χ2n) is 4.24. The van der Waals surface area contributed by atoms with Crippen molar-refractivity contribution in [3.8, 4) is 0 Å². The zero-order chi connectivity index (χ0) is 15.0. The van der Waals surface area contributed by atoms with Crippen LogP contribution in [-0.4, -0.2) is 26.5 Å². The Bertz CT molecular complexity index is 833. The summed E-state index contributed by atoms with van der Waals surface area (Å²) in [5, 5.41) is 8.96. The second kappa shape index (κ2) is 4.65. The summed E-state index contributed by atoms with van der Waals surface area (Å²) in [7, 11) is 0. The summed E-state index contributed by atoms with van der Waals surface area (Å²) < 4.78 is 0.892. The number of aromatic amines is 1. The first-order valence-electron chi connectivity index (χ1n) is 5.64. The van der Waals surface area contributed by atoms with Gasteiger partial charge in [0.1, 0.15) is 6.04 Å². The Balaban J connectivity index is 2.94. The fourth-order valence-electron chi connectivity index (χ4n) is 1.88. The number of carbonyl (C=O) groups is 2. The maximum absolute atomic E-state index is 11.9. The zero-order valence-electron chi connectivity index (χ0n) is 10.4. The minimum Gasteiger partial charge on any atom is -0.478 e. The molecular weight excluding hydrogens is 266 g/mol. The molecule has 20 heavy (non-hydrogen) atoms. The standard InChI is InChI=1S/C12H11N3O5/c1-5(9(13)16)15-8-4-6(12(19)20)2-3-7(8)14-10(17)11(15)18/h2-5H,1H3,(H2,13,16)(H,14,17)(H,19,20). The highest BCUT2D eigenvalue weighted by Gasteiger charge is 2.18. The SMILES string of the molecule is CC(C(N)=O)n1c(=O)c(=O)[nH]c2ccc(C(=O)O)cc21. The molecule has 1 atom stereocenters. The number of hydrogen-bond donors (Lipinski definition) is 3. The van der Waals surface area contributed by atoms with Gasteiger partial charge >= 0.3 is 17.1 Å². The third kappa shape index (κ3) is 2.07. The second-order valence-corrected chi connectivity index (χ2v) is 4.24. The van der Waals surface area contributed by atoms with Crippen LogP contribution in [0.3, 0.4) is 0 Å². The highest BCUT2D eigenvalue weighted by molar-refractivity contribution is 5.92. The molecule has 104 valence electrons. The van der Waals surface area contributed by atoms with Crippen molar-refractivity contribution in [3.05, 3.63) is 44.5 Å². The van der Waals surface area contributed by atoms with Gasteiger partial charge in [0, 0.05) is 0 Å². The Morgan fingerprint density at radius 2 is 2.00 bits per heavy atom. The molecule has 0 saturated carbocycles. The summed E-state index contributed by atoms with van der Waals surface area (Å²) in [6, 6.07) is 2.76. The number of aromatic carboxylic acids is 1. The number of nitrogens with two attached hydrogens (primary N) is 1. The van der Waals surface area contributed by atoms with Crippen LogP contribution in [0.1, 0.15) is 23.3 Å². The summed E-state index contributed by atoms with van der Waals surface area (Å²) in [6.45, 7) is 1.36. The van der Waals surface area contributed by atoms with Gasteiger partial charge in [-0.05, 0) is 25.1 Å². The van der Waals surface area contributed by atoms with Gasteiger partial charge in [-0.15, -0.1) is 0 Å². The van der Waals surface area contributed by atoms with Crippen molar-refractivity contribution >= 4 is 22.9 Å². The molecule has 2 aromatic rings. The van der Waals surface area contributed by atoms with Gasteiger partial charge < -0.3 is 15.8 Å². The summed E-state index contributed by atoms with van der Waals surface area (Å²) in [4.78, 5) is 48.0. The number of amides is 1. The molecule has 0 spiro atoms. The van der Waals surface area contributed by atoms with Crippen molar-refractivity contribution in [1.29, 1.82) is 0 Å². The molecule has 0 bridgehead atoms. The molecule has 1 aromatic carbocycles. The van der Waals surface area contributed by atoms with Gasteiger partial charge in [0.15, 0.2) is 0 Å². The number of carboxylic acid groups (broad SMARTS) is 1. The summed E-state index contributed by atoms with van der Waals surface area (Å²) in [5.41, 5.74) is 3.57. The van der Waals surface area contributed by atoms with Crippen LogP contribution in [0, 0.1) is 0 Å². The van der Waals surface area contributed by atoms with Crippen molar-refractivity contribution < 1.29 is 14.7 Å². The largest absolute Gasteiger partial charge is 0.478 e. The molecule has 1 aromatic heterocycles. The molecule has 8 heteroatoms. The van der Waals surface area contributed by atoms with Crippen molar-refractivity contribution in [2.45, 2.75) is 13.0 Å². The van der Waals surface area contributed by atoms with Crippen LogP contribution in [0.4, 0.5) is 0 Å². The number of carboxylic acids is 1. The summed E-state index contributed by atoms with van der Waals surface area (Å²) >= 11 is 0. The molecule has 8 nitrogen and oxygen atoms in total. The number of hydrogen-bond acceptors (Lipinski definition) is 4. The average molecular weight is 277 g/mol. The summed E-state index contributed by atoms with van der Waals surface area (Å²) in [5.74, 6) is -2.00. The monoisotopic (exact) mass is 277 g/mol. The van der Waals surface area contributed by atoms with Crippen LogP contribution in [0.2, 0.25) is 0 Å². The highest BCUT2D eigenvalue weighted by Crippen LogP contribution is 2.15. The number of aromatic nitrogens is 2. The van der Waals surface area contributed by atoms with E-state index in [2.05, 4.69) is 4.98 Å². The number of nitrogens with one attached hydrogen (secondary N) is 1. The number of H-pyrrole nitrogens is 1. The molecule has 1 heterocycles. The number of primary amides is 1. The van der Waals surface area contributed by atoms with E-state index in [1.807, 2.05) is 0 Å². The quantitative estimate of drug-likeness (QED) is 0.646. The Morgan fingerprint density at radius 3 is 2.55 bits per heavy atom. The average Bonchev–Trinajstić information content (AvgIpc) is 2.38. The zero-order valence-corrected chi connectivity index (χ0v) is 10.4. The first-order chi connectivity index (χ1) is 9.32. The van der Waals surface area contributed by atoms with Crippen LogP contribution in [-0.2, 0) is 4.79 Å². The molecule has 0 aliphatic heterocycles. The third-order valence-electron chi connectivity index (χ3n) is 2.96. The number of nitrogens with zero attached hydrogens (tertiary/aromatic N) is 1. The van der Waals surface area contributed by atoms with E-state index in [4.69, 9.17) is 10.8 Å². The topological polar surface area (TPSA) is 135 Å². The maximum Gasteiger partial charge on any atom is 0.335 e. The fourth-order valence-corrected chi connectivity index (χ4v) is 1.88. The van der Waals surface area contributed by atoms with E-state index in [-0.39, 0.29) is 16.6 Å². The number of benzene rings is 1. The van der Waals surface area contributed by atoms with Crippen molar-refractivity contribution in [2.75, 3.05) is 0 Å². The van der Waals surface area contributed by atoms with E-state index < -0.39 is 29.0 Å². The smallest absolute Gasteiger partial charge is 0.335 e. The first-order valence-corrected chi connectivity index (χ1v) is 5.64. The minimum atomic E-state index is -1.19. The van der Waals surface area contributed by atoms with Crippen LogP contribution in [0.15, 0.2) is 27.8 Å². The minimum absolute atomic E-state index is 0.0747. The van der Waals surface area contributed by atoms with Crippen LogP contribution >= 0.6 is 0 Å². The van der Waals surface area contributed by atoms with E-state index in [0.29, 0.717) is 0 Å². The Morgan fingerprint density at radius 1 is 1.35 bits per heavy atom. The Kier molecular flexibility index (Phi) is 3.15. The Hall–Kier alpha value is -2.90. The van der Waals surface area contributed by atoms with Gasteiger partial charge in [0.25, 0.3) is 0 Å². The lowest BCUT2D eigenvalue weighted by Crippen LogP contribution is -2.41. The van der Waals surface area contributed by atoms with Crippen molar-refractivity contribution in [3.63, 3.8) is 0 Å². The lowest BCUT2D eigenvalue weighted by atomic mass is 10.1. The third-order valence-corrected chi connectivity index (χ3v) is 2.96. The molecule has 1 amide bonds. The maximum atomic E-state index is 11.9. The van der Waals surface area contributed by atoms with Gasteiger partial charge in [-0.25, -0.2) is 4.79 Å². The lowest BCUT2D eigenvalue weighted by Gasteiger charge is -2.14. The number of fused-ring (bicyclic) bond motifs is 1. The lowest BCUT2D eigenvalue weighted by molar-refractivity contribution is -0.120. The molecule has 1 unspecified atom stereocenters. The van der Waals surface area contributed by atoms with Crippen LogP contribution < -0.4 is 16.9 Å². The molecule has 0 radical (unpaired) electrons. The number of carbonyl (C=O) groups excluding carboxylic acids is 1. The Labute approximate surface area is 111 Å². The molecule has 0 fully saturated rings. The van der Waals surface area contributed by atoms with E-state index in [0.717, 1.165) is 4.57 Å². The predicted molar refractivity (Wildman–Crippen MR) is 69.7 cm³/mol. The fraction of sp³-hybridized carbons (Fsp3) is 0.167. The van der Waals surface area contributed by atoms with Crippen molar-refractivity contribution in [2.24, 2.45) is 5.73 Å². The molecular formula is C12H11N3O5. The molecule has 0 aliphatic rings. The van der Waals surface area contributed by atoms with Crippen LogP contribution in [0.25, 0.3) is 11.0 Å².